The molecule has 0 fully saturated rings. The third-order valence-electron chi connectivity index (χ3n) is 5.15. The Bertz CT molecular complexity index is 1290. The minimum Gasteiger partial charge on any atom is -0.478 e. The zero-order valence-electron chi connectivity index (χ0n) is 20.0. The molecule has 0 aliphatic rings. The van der Waals surface area contributed by atoms with Crippen LogP contribution >= 0.6 is 0 Å². The molecular weight excluding hydrogens is 480 g/mol. The molecule has 0 aromatic heterocycles. The van der Waals surface area contributed by atoms with Gasteiger partial charge in [-0.1, -0.05) is 53.6 Å². The first-order valence-electron chi connectivity index (χ1n) is 11.1. The monoisotopic (exact) mass is 504 g/mol. The van der Waals surface area contributed by atoms with Crippen LogP contribution in [0.15, 0.2) is 78.9 Å². The fourth-order valence-corrected chi connectivity index (χ4v) is 3.09. The van der Waals surface area contributed by atoms with Gasteiger partial charge in [0.05, 0.1) is 11.1 Å². The number of aliphatic carboxylic acids is 1. The molecule has 0 aliphatic carbocycles. The highest BCUT2D eigenvalue weighted by Crippen LogP contribution is 2.14. The number of rotatable bonds is 8. The molecule has 2 atom stereocenters. The summed E-state index contributed by atoms with van der Waals surface area (Å²) in [6.45, 7) is 3.59. The van der Waals surface area contributed by atoms with Crippen molar-refractivity contribution in [3.8, 4) is 0 Å². The van der Waals surface area contributed by atoms with Crippen LogP contribution in [0.2, 0.25) is 0 Å². The molecular formula is C27H24N2O8. The van der Waals surface area contributed by atoms with E-state index in [-0.39, 0.29) is 16.7 Å². The van der Waals surface area contributed by atoms with Gasteiger partial charge in [-0.15, -0.1) is 0 Å². The summed E-state index contributed by atoms with van der Waals surface area (Å²) in [5.74, 6) is -5.77. The molecule has 0 radical (unpaired) electrons. The first kappa shape index (κ1) is 26.6. The van der Waals surface area contributed by atoms with E-state index in [4.69, 9.17) is 9.47 Å². The lowest BCUT2D eigenvalue weighted by Gasteiger charge is -2.23. The third-order valence-corrected chi connectivity index (χ3v) is 5.15. The fraction of sp³-hybridized carbons (Fsp3) is 0.148. The number of nitrogens with one attached hydrogen (secondary N) is 2. The van der Waals surface area contributed by atoms with Gasteiger partial charge in [-0.05, 0) is 50.2 Å². The molecule has 3 N–H and O–H groups in total. The molecule has 190 valence electrons. The van der Waals surface area contributed by atoms with Gasteiger partial charge in [0.15, 0.2) is 0 Å². The van der Waals surface area contributed by atoms with Gasteiger partial charge in [0.25, 0.3) is 11.8 Å². The van der Waals surface area contributed by atoms with Crippen molar-refractivity contribution in [2.45, 2.75) is 26.1 Å². The minimum absolute atomic E-state index is 0.0262. The number of benzene rings is 3. The van der Waals surface area contributed by atoms with Crippen LogP contribution in [0.3, 0.4) is 0 Å². The number of aryl methyl sites for hydroxylation is 2. The van der Waals surface area contributed by atoms with Crippen LogP contribution in [-0.4, -0.2) is 47.0 Å². The van der Waals surface area contributed by atoms with E-state index >= 15 is 0 Å². The van der Waals surface area contributed by atoms with E-state index in [2.05, 4.69) is 5.43 Å². The van der Waals surface area contributed by atoms with E-state index in [1.165, 1.54) is 36.4 Å². The summed E-state index contributed by atoms with van der Waals surface area (Å²) in [4.78, 5) is 62.7. The molecule has 3 rings (SSSR count). The van der Waals surface area contributed by atoms with Gasteiger partial charge >= 0.3 is 17.9 Å². The van der Waals surface area contributed by atoms with E-state index < -0.39 is 41.9 Å². The molecule has 0 bridgehead atoms. The van der Waals surface area contributed by atoms with Gasteiger partial charge in [0.1, 0.15) is 0 Å². The number of amides is 2. The SMILES string of the molecule is Cc1ccc(C(=O)O[C@H](C(=O)NNC(=O)c2ccccc2)[C@@H](OC(=O)c2ccc(C)cc2)C(=O)O)cc1. The summed E-state index contributed by atoms with van der Waals surface area (Å²) in [5.41, 5.74) is 6.12. The maximum atomic E-state index is 13.0. The summed E-state index contributed by atoms with van der Waals surface area (Å²) in [7, 11) is 0. The second-order valence-corrected chi connectivity index (χ2v) is 8.03. The highest BCUT2D eigenvalue weighted by Gasteiger charge is 2.41. The van der Waals surface area contributed by atoms with Crippen molar-refractivity contribution < 1.29 is 38.6 Å². The Kier molecular flexibility index (Phi) is 8.71. The average molecular weight is 504 g/mol. The Morgan fingerprint density at radius 2 is 1.08 bits per heavy atom. The predicted molar refractivity (Wildman–Crippen MR) is 130 cm³/mol. The number of carboxylic acids is 1. The van der Waals surface area contributed by atoms with Gasteiger partial charge in [0.2, 0.25) is 12.2 Å². The summed E-state index contributed by atoms with van der Waals surface area (Å²) in [5, 5.41) is 9.77. The Hall–Kier alpha value is -4.99. The Balaban J connectivity index is 1.84. The topological polar surface area (TPSA) is 148 Å². The molecule has 0 spiro atoms. The largest absolute Gasteiger partial charge is 0.478 e. The molecule has 0 saturated carbocycles. The van der Waals surface area contributed by atoms with Crippen LogP contribution < -0.4 is 10.9 Å². The number of carbonyl (C=O) groups excluding carboxylic acids is 4. The Morgan fingerprint density at radius 1 is 0.622 bits per heavy atom. The number of carbonyl (C=O) groups is 5. The molecule has 2 amide bonds. The van der Waals surface area contributed by atoms with E-state index in [0.717, 1.165) is 11.1 Å². The lowest BCUT2D eigenvalue weighted by Crippen LogP contribution is -2.54. The van der Waals surface area contributed by atoms with Crippen LogP contribution in [-0.2, 0) is 19.1 Å². The number of carboxylic acid groups (broad SMARTS) is 1. The molecule has 37 heavy (non-hydrogen) atoms. The first-order valence-corrected chi connectivity index (χ1v) is 11.1. The summed E-state index contributed by atoms with van der Waals surface area (Å²) in [6.07, 6.45) is -4.37. The van der Waals surface area contributed by atoms with E-state index in [1.54, 1.807) is 56.3 Å². The highest BCUT2D eigenvalue weighted by molar-refractivity contribution is 5.99. The molecule has 10 heteroatoms. The normalized spacial score (nSPS) is 11.9. The molecule has 3 aromatic rings. The Morgan fingerprint density at radius 3 is 1.54 bits per heavy atom. The van der Waals surface area contributed by atoms with Gasteiger partial charge in [-0.3, -0.25) is 20.4 Å². The third kappa shape index (κ3) is 7.25. The first-order chi connectivity index (χ1) is 17.7. The smallest absolute Gasteiger partial charge is 0.349 e. The number of ether oxygens (including phenoxy) is 2. The van der Waals surface area contributed by atoms with Gasteiger partial charge < -0.3 is 14.6 Å². The van der Waals surface area contributed by atoms with Crippen molar-refractivity contribution in [3.63, 3.8) is 0 Å². The van der Waals surface area contributed by atoms with Crippen LogP contribution in [0, 0.1) is 13.8 Å². The zero-order chi connectivity index (χ0) is 26.9. The van der Waals surface area contributed by atoms with Crippen molar-refractivity contribution >= 4 is 29.7 Å². The second-order valence-electron chi connectivity index (χ2n) is 8.03. The maximum Gasteiger partial charge on any atom is 0.349 e. The lowest BCUT2D eigenvalue weighted by atomic mass is 10.1. The van der Waals surface area contributed by atoms with Gasteiger partial charge in [0, 0.05) is 5.56 Å². The molecule has 3 aromatic carbocycles. The van der Waals surface area contributed by atoms with Crippen LogP contribution in [0.1, 0.15) is 42.2 Å². The quantitative estimate of drug-likeness (QED) is 0.313. The van der Waals surface area contributed by atoms with Crippen molar-refractivity contribution in [2.75, 3.05) is 0 Å². The minimum atomic E-state index is -2.23. The van der Waals surface area contributed by atoms with Crippen molar-refractivity contribution in [2.24, 2.45) is 0 Å². The molecule has 10 nitrogen and oxygen atoms in total. The number of hydrazine groups is 1. The van der Waals surface area contributed by atoms with Gasteiger partial charge in [-0.2, -0.15) is 0 Å². The number of hydrogen-bond donors (Lipinski definition) is 3. The molecule has 0 aliphatic heterocycles. The van der Waals surface area contributed by atoms with Crippen LogP contribution in [0.4, 0.5) is 0 Å². The van der Waals surface area contributed by atoms with E-state index in [9.17, 15) is 29.1 Å². The standard InChI is InChI=1S/C27H24N2O8/c1-16-8-12-19(13-9-16)26(34)36-21(24(31)29-28-23(30)18-6-4-3-5-7-18)22(25(32)33)37-27(35)20-14-10-17(2)11-15-20/h3-15,21-22H,1-2H3,(H,28,30)(H,29,31)(H,32,33)/t21-,22+/m0/s1. The lowest BCUT2D eigenvalue weighted by molar-refractivity contribution is -0.159. The van der Waals surface area contributed by atoms with Crippen LogP contribution in [0.5, 0.6) is 0 Å². The fourth-order valence-electron chi connectivity index (χ4n) is 3.09. The Labute approximate surface area is 212 Å². The summed E-state index contributed by atoms with van der Waals surface area (Å²) >= 11 is 0. The molecule has 0 unspecified atom stereocenters. The highest BCUT2D eigenvalue weighted by atomic mass is 16.6. The molecule has 0 saturated heterocycles. The maximum absolute atomic E-state index is 13.0. The van der Waals surface area contributed by atoms with E-state index in [1.807, 2.05) is 5.43 Å². The average Bonchev–Trinajstić information content (AvgIpc) is 2.89. The summed E-state index contributed by atoms with van der Waals surface area (Å²) < 4.78 is 10.3. The van der Waals surface area contributed by atoms with Gasteiger partial charge in [-0.25, -0.2) is 14.4 Å². The van der Waals surface area contributed by atoms with Crippen molar-refractivity contribution in [1.82, 2.24) is 10.9 Å². The number of esters is 2. The van der Waals surface area contributed by atoms with Crippen molar-refractivity contribution in [1.29, 1.82) is 0 Å². The van der Waals surface area contributed by atoms with E-state index in [0.29, 0.717) is 0 Å². The van der Waals surface area contributed by atoms with Crippen LogP contribution in [0.25, 0.3) is 0 Å². The predicted octanol–water partition coefficient (Wildman–Crippen LogP) is 2.60. The summed E-state index contributed by atoms with van der Waals surface area (Å²) in [6, 6.07) is 20.1. The second kappa shape index (κ2) is 12.1. The molecule has 0 heterocycles. The number of hydrogen-bond acceptors (Lipinski definition) is 7. The zero-order valence-corrected chi connectivity index (χ0v) is 20.0. The van der Waals surface area contributed by atoms with Crippen molar-refractivity contribution in [3.05, 3.63) is 107 Å².